The first kappa shape index (κ1) is 15.8. The third-order valence-electron chi connectivity index (χ3n) is 4.77. The lowest BCUT2D eigenvalue weighted by Gasteiger charge is -2.22. The zero-order valence-electron chi connectivity index (χ0n) is 13.2. The number of ketones is 1. The second-order valence-corrected chi connectivity index (χ2v) is 7.56. The monoisotopic (exact) mass is 319 g/mol. The minimum atomic E-state index is 0.0701. The summed E-state index contributed by atoms with van der Waals surface area (Å²) < 4.78 is 2.19. The van der Waals surface area contributed by atoms with Crippen LogP contribution in [0.4, 0.5) is 0 Å². The molecule has 4 nitrogen and oxygen atoms in total. The Balaban J connectivity index is 1.79. The highest BCUT2D eigenvalue weighted by Gasteiger charge is 2.28. The molecule has 2 saturated carbocycles. The average molecular weight is 319 g/mol. The molecule has 1 unspecified atom stereocenters. The normalized spacial score (nSPS) is 23.6. The minimum Gasteiger partial charge on any atom is -0.302 e. The second-order valence-electron chi connectivity index (χ2n) is 6.39. The van der Waals surface area contributed by atoms with Crippen molar-refractivity contribution in [2.24, 2.45) is 0 Å². The Bertz CT molecular complexity index is 534. The number of allylic oxidation sites excluding steroid dienone is 1. The minimum absolute atomic E-state index is 0.0701. The van der Waals surface area contributed by atoms with Gasteiger partial charge in [-0.15, -0.1) is 16.8 Å². The summed E-state index contributed by atoms with van der Waals surface area (Å²) in [5, 5.41) is 9.87. The van der Waals surface area contributed by atoms with E-state index in [0.29, 0.717) is 11.7 Å². The van der Waals surface area contributed by atoms with Gasteiger partial charge in [-0.3, -0.25) is 4.79 Å². The maximum atomic E-state index is 12.1. The highest BCUT2D eigenvalue weighted by molar-refractivity contribution is 8.00. The highest BCUT2D eigenvalue weighted by Crippen LogP contribution is 2.35. The molecule has 1 atom stereocenters. The molecule has 0 radical (unpaired) electrons. The van der Waals surface area contributed by atoms with Crippen LogP contribution < -0.4 is 0 Å². The lowest BCUT2D eigenvalue weighted by Crippen LogP contribution is -2.22. The van der Waals surface area contributed by atoms with Gasteiger partial charge in [0.25, 0.3) is 0 Å². The molecule has 5 heteroatoms. The average Bonchev–Trinajstić information content (AvgIpc) is 2.94. The fourth-order valence-electron chi connectivity index (χ4n) is 3.55. The molecule has 1 heterocycles. The summed E-state index contributed by atoms with van der Waals surface area (Å²) in [5.74, 6) is 2.01. The highest BCUT2D eigenvalue weighted by atomic mass is 32.2. The standard InChI is InChI=1S/C17H25N3OS/c1-2-12-20-16(13-8-4-3-5-9-13)18-19-17(20)22-15-11-7-6-10-14(15)21/h2,13,15H,1,3-12H2. The molecule has 0 saturated heterocycles. The zero-order chi connectivity index (χ0) is 15.4. The Labute approximate surface area is 136 Å². The van der Waals surface area contributed by atoms with Crippen LogP contribution in [-0.4, -0.2) is 25.8 Å². The molecule has 0 amide bonds. The van der Waals surface area contributed by atoms with Gasteiger partial charge in [0.05, 0.1) is 5.25 Å². The van der Waals surface area contributed by atoms with Gasteiger partial charge in [0.2, 0.25) is 0 Å². The van der Waals surface area contributed by atoms with Crippen LogP contribution in [0.15, 0.2) is 17.8 Å². The van der Waals surface area contributed by atoms with Crippen molar-refractivity contribution in [3.05, 3.63) is 18.5 Å². The van der Waals surface area contributed by atoms with Crippen LogP contribution in [0.3, 0.4) is 0 Å². The van der Waals surface area contributed by atoms with Crippen LogP contribution >= 0.6 is 11.8 Å². The van der Waals surface area contributed by atoms with Crippen LogP contribution in [0.5, 0.6) is 0 Å². The van der Waals surface area contributed by atoms with Gasteiger partial charge in [0.15, 0.2) is 5.16 Å². The van der Waals surface area contributed by atoms with Gasteiger partial charge in [0.1, 0.15) is 11.6 Å². The van der Waals surface area contributed by atoms with E-state index >= 15 is 0 Å². The summed E-state index contributed by atoms with van der Waals surface area (Å²) in [6.45, 7) is 4.61. The molecule has 1 aromatic rings. The van der Waals surface area contributed by atoms with Crippen LogP contribution in [0.1, 0.15) is 69.5 Å². The Morgan fingerprint density at radius 3 is 2.64 bits per heavy atom. The summed E-state index contributed by atoms with van der Waals surface area (Å²) in [6, 6.07) is 0. The summed E-state index contributed by atoms with van der Waals surface area (Å²) in [4.78, 5) is 12.1. The smallest absolute Gasteiger partial charge is 0.192 e. The van der Waals surface area contributed by atoms with Gasteiger partial charge in [-0.05, 0) is 25.7 Å². The quantitative estimate of drug-likeness (QED) is 0.766. The molecule has 0 aliphatic heterocycles. The maximum absolute atomic E-state index is 12.1. The topological polar surface area (TPSA) is 47.8 Å². The molecular formula is C17H25N3OS. The van der Waals surface area contributed by atoms with E-state index in [1.807, 2.05) is 6.08 Å². The summed E-state index contributed by atoms with van der Waals surface area (Å²) in [6.07, 6.45) is 12.1. The summed E-state index contributed by atoms with van der Waals surface area (Å²) in [5.41, 5.74) is 0. The number of hydrogen-bond donors (Lipinski definition) is 0. The molecule has 1 aromatic heterocycles. The van der Waals surface area contributed by atoms with Crippen molar-refractivity contribution in [3.63, 3.8) is 0 Å². The van der Waals surface area contributed by atoms with Gasteiger partial charge in [-0.25, -0.2) is 0 Å². The number of carbonyl (C=O) groups excluding carboxylic acids is 1. The third-order valence-corrected chi connectivity index (χ3v) is 6.07. The number of carbonyl (C=O) groups is 1. The van der Waals surface area contributed by atoms with Gasteiger partial charge in [-0.1, -0.05) is 43.5 Å². The van der Waals surface area contributed by atoms with Crippen molar-refractivity contribution in [3.8, 4) is 0 Å². The van der Waals surface area contributed by atoms with Crippen LogP contribution in [0.25, 0.3) is 0 Å². The molecule has 2 aliphatic rings. The Morgan fingerprint density at radius 2 is 1.91 bits per heavy atom. The van der Waals surface area contributed by atoms with Gasteiger partial charge in [-0.2, -0.15) is 0 Å². The van der Waals surface area contributed by atoms with E-state index in [0.717, 1.165) is 43.2 Å². The number of Topliss-reactive ketones (excluding diaryl/α,β-unsaturated/α-hetero) is 1. The van der Waals surface area contributed by atoms with E-state index in [4.69, 9.17) is 0 Å². The largest absolute Gasteiger partial charge is 0.302 e. The fourth-order valence-corrected chi connectivity index (χ4v) is 4.73. The Hall–Kier alpha value is -1.10. The van der Waals surface area contributed by atoms with Gasteiger partial charge < -0.3 is 4.57 Å². The lowest BCUT2D eigenvalue weighted by atomic mass is 9.89. The summed E-state index contributed by atoms with van der Waals surface area (Å²) >= 11 is 1.62. The van der Waals surface area contributed by atoms with E-state index < -0.39 is 0 Å². The molecule has 2 fully saturated rings. The zero-order valence-corrected chi connectivity index (χ0v) is 14.0. The Morgan fingerprint density at radius 1 is 1.14 bits per heavy atom. The first-order valence-electron chi connectivity index (χ1n) is 8.53. The van der Waals surface area contributed by atoms with Crippen LogP contribution in [-0.2, 0) is 11.3 Å². The molecule has 2 aliphatic carbocycles. The van der Waals surface area contributed by atoms with Gasteiger partial charge >= 0.3 is 0 Å². The van der Waals surface area contributed by atoms with Crippen molar-refractivity contribution >= 4 is 17.5 Å². The van der Waals surface area contributed by atoms with E-state index in [1.165, 1.54) is 32.1 Å². The summed E-state index contributed by atoms with van der Waals surface area (Å²) in [7, 11) is 0. The third kappa shape index (κ3) is 3.45. The van der Waals surface area contributed by atoms with E-state index in [-0.39, 0.29) is 5.25 Å². The number of thioether (sulfide) groups is 1. The first-order valence-corrected chi connectivity index (χ1v) is 9.41. The first-order chi connectivity index (χ1) is 10.8. The van der Waals surface area contributed by atoms with Crippen molar-refractivity contribution in [1.29, 1.82) is 0 Å². The number of nitrogens with zero attached hydrogens (tertiary/aromatic N) is 3. The van der Waals surface area contributed by atoms with Crippen molar-refractivity contribution < 1.29 is 4.79 Å². The van der Waals surface area contributed by atoms with E-state index in [1.54, 1.807) is 11.8 Å². The maximum Gasteiger partial charge on any atom is 0.192 e. The molecular weight excluding hydrogens is 294 g/mol. The molecule has 3 rings (SSSR count). The molecule has 0 spiro atoms. The molecule has 22 heavy (non-hydrogen) atoms. The molecule has 0 N–H and O–H groups in total. The molecule has 120 valence electrons. The Kier molecular flexibility index (Phi) is 5.34. The number of rotatable bonds is 5. The van der Waals surface area contributed by atoms with Crippen molar-refractivity contribution in [1.82, 2.24) is 14.8 Å². The van der Waals surface area contributed by atoms with E-state index in [9.17, 15) is 4.79 Å². The van der Waals surface area contributed by atoms with Crippen LogP contribution in [0.2, 0.25) is 0 Å². The lowest BCUT2D eigenvalue weighted by molar-refractivity contribution is -0.119. The predicted octanol–water partition coefficient (Wildman–Crippen LogP) is 4.12. The van der Waals surface area contributed by atoms with Gasteiger partial charge in [0, 0.05) is 18.9 Å². The van der Waals surface area contributed by atoms with E-state index in [2.05, 4.69) is 21.3 Å². The fraction of sp³-hybridized carbons (Fsp3) is 0.706. The number of aromatic nitrogens is 3. The number of hydrogen-bond acceptors (Lipinski definition) is 4. The van der Waals surface area contributed by atoms with Crippen molar-refractivity contribution in [2.45, 2.75) is 80.7 Å². The predicted molar refractivity (Wildman–Crippen MR) is 89.2 cm³/mol. The van der Waals surface area contributed by atoms with Crippen LogP contribution in [0, 0.1) is 0 Å². The van der Waals surface area contributed by atoms with Crippen molar-refractivity contribution in [2.75, 3.05) is 0 Å². The SMILES string of the molecule is C=CCn1c(SC2CCCCC2=O)nnc1C1CCCCC1. The molecule has 0 aromatic carbocycles. The second kappa shape index (κ2) is 7.44. The molecule has 0 bridgehead atoms.